The summed E-state index contributed by atoms with van der Waals surface area (Å²) in [7, 11) is 1.38. The molecule has 4 rings (SSSR count). The van der Waals surface area contributed by atoms with E-state index in [4.69, 9.17) is 4.42 Å². The van der Waals surface area contributed by atoms with Crippen LogP contribution in [0.1, 0.15) is 19.7 Å². The normalized spacial score (nSPS) is 11.8. The average Bonchev–Trinajstić information content (AvgIpc) is 3.16. The molecule has 0 aliphatic rings. The van der Waals surface area contributed by atoms with Crippen molar-refractivity contribution in [3.8, 4) is 33.7 Å². The predicted octanol–water partition coefficient (Wildman–Crippen LogP) is 5.16. The van der Waals surface area contributed by atoms with Crippen LogP contribution in [0.4, 0.5) is 17.6 Å². The van der Waals surface area contributed by atoms with E-state index in [9.17, 15) is 27.5 Å². The van der Waals surface area contributed by atoms with E-state index in [1.807, 2.05) is 0 Å². The first kappa shape index (κ1) is 22.5. The second-order valence-electron chi connectivity index (χ2n) is 8.04. The standard InChI is InChI=1S/C24H18F4N2O3/c1-24(2,32)23-29-20(21(33-23)14-8-7-13(25)10-18(14)28)12-9-15(22(31)30(3)11-12)19-16(26)5-4-6-17(19)27/h4-11,32H,1-3H3. The number of aryl methyl sites for hydroxylation is 1. The quantitative estimate of drug-likeness (QED) is 0.429. The first-order chi connectivity index (χ1) is 15.5. The van der Waals surface area contributed by atoms with E-state index in [0.29, 0.717) is 6.07 Å². The molecule has 0 spiro atoms. The van der Waals surface area contributed by atoms with Crippen molar-refractivity contribution in [3.05, 3.63) is 88.2 Å². The molecular formula is C24H18F4N2O3. The summed E-state index contributed by atoms with van der Waals surface area (Å²) in [4.78, 5) is 17.0. The molecule has 2 aromatic heterocycles. The van der Waals surface area contributed by atoms with Crippen molar-refractivity contribution < 1.29 is 27.1 Å². The number of hydrogen-bond acceptors (Lipinski definition) is 4. The van der Waals surface area contributed by atoms with Crippen LogP contribution in [0.3, 0.4) is 0 Å². The van der Waals surface area contributed by atoms with E-state index in [0.717, 1.165) is 28.8 Å². The van der Waals surface area contributed by atoms with Crippen molar-refractivity contribution in [2.45, 2.75) is 19.4 Å². The van der Waals surface area contributed by atoms with Crippen LogP contribution in [0.25, 0.3) is 33.7 Å². The lowest BCUT2D eigenvalue weighted by Crippen LogP contribution is -2.19. The maximum absolute atomic E-state index is 14.6. The molecule has 2 aromatic carbocycles. The van der Waals surface area contributed by atoms with Crippen molar-refractivity contribution in [1.29, 1.82) is 0 Å². The smallest absolute Gasteiger partial charge is 0.258 e. The van der Waals surface area contributed by atoms with Crippen LogP contribution in [0.2, 0.25) is 0 Å². The lowest BCUT2D eigenvalue weighted by Gasteiger charge is -2.11. The van der Waals surface area contributed by atoms with Crippen LogP contribution >= 0.6 is 0 Å². The Morgan fingerprint density at radius 1 is 0.970 bits per heavy atom. The number of rotatable bonds is 4. The summed E-state index contributed by atoms with van der Waals surface area (Å²) in [6.07, 6.45) is 1.33. The van der Waals surface area contributed by atoms with Crippen molar-refractivity contribution in [3.63, 3.8) is 0 Å². The monoisotopic (exact) mass is 458 g/mol. The molecule has 0 fully saturated rings. The summed E-state index contributed by atoms with van der Waals surface area (Å²) in [5.74, 6) is -3.95. The molecule has 0 aliphatic heterocycles. The minimum atomic E-state index is -1.56. The van der Waals surface area contributed by atoms with Gasteiger partial charge in [-0.15, -0.1) is 0 Å². The molecule has 0 aliphatic carbocycles. The van der Waals surface area contributed by atoms with E-state index in [1.165, 1.54) is 39.2 Å². The van der Waals surface area contributed by atoms with Crippen LogP contribution in [0.15, 0.2) is 57.9 Å². The SMILES string of the molecule is Cn1cc(-c2nc(C(C)(C)O)oc2-c2ccc(F)cc2F)cc(-c2c(F)cccc2F)c1=O. The fourth-order valence-corrected chi connectivity index (χ4v) is 3.41. The highest BCUT2D eigenvalue weighted by Gasteiger charge is 2.29. The van der Waals surface area contributed by atoms with E-state index < -0.39 is 40.0 Å². The van der Waals surface area contributed by atoms with Gasteiger partial charge in [0.25, 0.3) is 5.56 Å². The first-order valence-electron chi connectivity index (χ1n) is 9.82. The highest BCUT2D eigenvalue weighted by molar-refractivity contribution is 5.80. The second kappa shape index (κ2) is 8.00. The fourth-order valence-electron chi connectivity index (χ4n) is 3.41. The van der Waals surface area contributed by atoms with Gasteiger partial charge in [0.2, 0.25) is 5.89 Å². The maximum atomic E-state index is 14.6. The van der Waals surface area contributed by atoms with Gasteiger partial charge in [-0.3, -0.25) is 4.79 Å². The minimum absolute atomic E-state index is 0.00812. The molecule has 5 nitrogen and oxygen atoms in total. The number of oxazole rings is 1. The van der Waals surface area contributed by atoms with Gasteiger partial charge in [-0.05, 0) is 44.2 Å². The fraction of sp³-hybridized carbons (Fsp3) is 0.167. The molecule has 9 heteroatoms. The van der Waals surface area contributed by atoms with Gasteiger partial charge < -0.3 is 14.1 Å². The highest BCUT2D eigenvalue weighted by atomic mass is 19.1. The summed E-state index contributed by atoms with van der Waals surface area (Å²) in [5.41, 5.74) is -3.06. The van der Waals surface area contributed by atoms with Gasteiger partial charge in [-0.2, -0.15) is 0 Å². The number of aliphatic hydroxyl groups is 1. The number of hydrogen-bond donors (Lipinski definition) is 1. The van der Waals surface area contributed by atoms with E-state index in [-0.39, 0.29) is 34.0 Å². The molecule has 0 saturated carbocycles. The van der Waals surface area contributed by atoms with Crippen molar-refractivity contribution in [2.75, 3.05) is 0 Å². The van der Waals surface area contributed by atoms with E-state index in [1.54, 1.807) is 0 Å². The van der Waals surface area contributed by atoms with Crippen LogP contribution in [0.5, 0.6) is 0 Å². The lowest BCUT2D eigenvalue weighted by atomic mass is 10.0. The number of aromatic nitrogens is 2. The van der Waals surface area contributed by atoms with Crippen LogP contribution in [0, 0.1) is 23.3 Å². The summed E-state index contributed by atoms with van der Waals surface area (Å²) in [6, 6.07) is 7.24. The predicted molar refractivity (Wildman–Crippen MR) is 113 cm³/mol. The number of benzene rings is 2. The van der Waals surface area contributed by atoms with Crippen LogP contribution in [-0.4, -0.2) is 14.7 Å². The molecule has 0 unspecified atom stereocenters. The number of pyridine rings is 1. The van der Waals surface area contributed by atoms with Crippen LogP contribution in [-0.2, 0) is 12.6 Å². The Hall–Kier alpha value is -3.72. The number of halogens is 4. The van der Waals surface area contributed by atoms with Gasteiger partial charge in [0, 0.05) is 24.9 Å². The Balaban J connectivity index is 2.03. The number of nitrogens with zero attached hydrogens (tertiary/aromatic N) is 2. The molecular weight excluding hydrogens is 440 g/mol. The first-order valence-corrected chi connectivity index (χ1v) is 9.82. The summed E-state index contributed by atoms with van der Waals surface area (Å²) in [5, 5.41) is 10.4. The molecule has 4 aromatic rings. The van der Waals surface area contributed by atoms with Gasteiger partial charge in [-0.1, -0.05) is 6.07 Å². The van der Waals surface area contributed by atoms with Gasteiger partial charge in [0.15, 0.2) is 5.76 Å². The Morgan fingerprint density at radius 3 is 2.24 bits per heavy atom. The Bertz CT molecular complexity index is 1410. The summed E-state index contributed by atoms with van der Waals surface area (Å²) >= 11 is 0. The summed E-state index contributed by atoms with van der Waals surface area (Å²) < 4.78 is 63.7. The zero-order chi connectivity index (χ0) is 24.1. The average molecular weight is 458 g/mol. The largest absolute Gasteiger partial charge is 0.437 e. The van der Waals surface area contributed by atoms with Gasteiger partial charge in [0.05, 0.1) is 16.7 Å². The van der Waals surface area contributed by atoms with Crippen LogP contribution < -0.4 is 5.56 Å². The zero-order valence-electron chi connectivity index (χ0n) is 17.8. The van der Waals surface area contributed by atoms with E-state index >= 15 is 0 Å². The molecule has 0 saturated heterocycles. The third-order valence-corrected chi connectivity index (χ3v) is 5.02. The van der Waals surface area contributed by atoms with Gasteiger partial charge >= 0.3 is 0 Å². The molecule has 0 amide bonds. The van der Waals surface area contributed by atoms with Crippen molar-refractivity contribution in [2.24, 2.45) is 7.05 Å². The third kappa shape index (κ3) is 4.07. The van der Waals surface area contributed by atoms with Crippen molar-refractivity contribution in [1.82, 2.24) is 9.55 Å². The molecule has 1 N–H and O–H groups in total. The van der Waals surface area contributed by atoms with Gasteiger partial charge in [-0.25, -0.2) is 22.5 Å². The molecule has 0 bridgehead atoms. The lowest BCUT2D eigenvalue weighted by molar-refractivity contribution is 0.0490. The van der Waals surface area contributed by atoms with Crippen molar-refractivity contribution >= 4 is 0 Å². The van der Waals surface area contributed by atoms with E-state index in [2.05, 4.69) is 4.98 Å². The maximum Gasteiger partial charge on any atom is 0.258 e. The minimum Gasteiger partial charge on any atom is -0.437 e. The molecule has 170 valence electrons. The third-order valence-electron chi connectivity index (χ3n) is 5.02. The second-order valence-corrected chi connectivity index (χ2v) is 8.04. The summed E-state index contributed by atoms with van der Waals surface area (Å²) in [6.45, 7) is 2.79. The zero-order valence-corrected chi connectivity index (χ0v) is 17.8. The Labute approximate surface area is 185 Å². The topological polar surface area (TPSA) is 68.3 Å². The Morgan fingerprint density at radius 2 is 1.64 bits per heavy atom. The molecule has 2 heterocycles. The molecule has 0 radical (unpaired) electrons. The molecule has 33 heavy (non-hydrogen) atoms. The molecule has 0 atom stereocenters. The van der Waals surface area contributed by atoms with Gasteiger partial charge in [0.1, 0.15) is 34.6 Å². The Kier molecular flexibility index (Phi) is 5.45. The highest BCUT2D eigenvalue weighted by Crippen LogP contribution is 2.38.